The third-order valence-corrected chi connectivity index (χ3v) is 10.2. The lowest BCUT2D eigenvalue weighted by Gasteiger charge is -2.33. The van der Waals surface area contributed by atoms with E-state index >= 15 is 0 Å². The molecule has 1 aliphatic heterocycles. The van der Waals surface area contributed by atoms with Gasteiger partial charge in [-0.15, -0.1) is 0 Å². The number of aryl methyl sites for hydroxylation is 3. The Bertz CT molecular complexity index is 1420. The second kappa shape index (κ2) is 14.6. The molecule has 4 atom stereocenters. The average Bonchev–Trinajstić information content (AvgIpc) is 3.41. The number of carbonyl (C=O) groups excluding carboxylic acids is 2. The number of rotatable bonds is 12. The number of carbonyl (C=O) groups is 3. The van der Waals surface area contributed by atoms with E-state index in [1.54, 1.807) is 43.1 Å². The van der Waals surface area contributed by atoms with E-state index < -0.39 is 53.2 Å². The fraction of sp³-hybridized carbons (Fsp3) is 0.548. The molecule has 13 heteroatoms. The first-order chi connectivity index (χ1) is 20.9. The number of sulfonamides is 1. The molecule has 4 rings (SSSR count). The number of nitrogens with one attached hydrogen (secondary N) is 2. The van der Waals surface area contributed by atoms with Crippen LogP contribution in [0.4, 0.5) is 0 Å². The summed E-state index contributed by atoms with van der Waals surface area (Å²) in [5, 5.41) is 12.1. The Balaban J connectivity index is 1.36. The highest BCUT2D eigenvalue weighted by Gasteiger charge is 2.42. The predicted octanol–water partition coefficient (Wildman–Crippen LogP) is 2.12. The lowest BCUT2D eigenvalue weighted by atomic mass is 9.88. The number of pyridine rings is 1. The van der Waals surface area contributed by atoms with E-state index in [9.17, 15) is 27.9 Å². The summed E-state index contributed by atoms with van der Waals surface area (Å²) in [4.78, 5) is 44.3. The largest absolute Gasteiger partial charge is 0.480 e. The maximum absolute atomic E-state index is 13.6. The lowest BCUT2D eigenvalue weighted by Crippen LogP contribution is -2.49. The van der Waals surface area contributed by atoms with Crippen molar-refractivity contribution in [3.05, 3.63) is 58.9 Å². The van der Waals surface area contributed by atoms with Crippen molar-refractivity contribution >= 4 is 27.8 Å². The summed E-state index contributed by atoms with van der Waals surface area (Å²) in [6, 6.07) is 6.39. The first kappa shape index (κ1) is 33.5. The van der Waals surface area contributed by atoms with Crippen LogP contribution < -0.4 is 15.8 Å². The van der Waals surface area contributed by atoms with Crippen LogP contribution in [-0.2, 0) is 29.1 Å². The minimum Gasteiger partial charge on any atom is -0.480 e. The van der Waals surface area contributed by atoms with Crippen LogP contribution in [0, 0.1) is 26.7 Å². The second-order valence-electron chi connectivity index (χ2n) is 11.9. The van der Waals surface area contributed by atoms with Crippen molar-refractivity contribution in [2.45, 2.75) is 88.4 Å². The number of hydrogen-bond donors (Lipinski definition) is 4. The number of nitrogens with two attached hydrogens (primary N) is 1. The van der Waals surface area contributed by atoms with Gasteiger partial charge in [0.2, 0.25) is 21.8 Å². The molecule has 1 saturated heterocycles. The van der Waals surface area contributed by atoms with Gasteiger partial charge >= 0.3 is 5.97 Å². The normalized spacial score (nSPS) is 20.7. The van der Waals surface area contributed by atoms with E-state index in [1.807, 2.05) is 19.1 Å². The van der Waals surface area contributed by atoms with Crippen LogP contribution in [-0.4, -0.2) is 79.1 Å². The highest BCUT2D eigenvalue weighted by molar-refractivity contribution is 7.89. The monoisotopic (exact) mass is 629 g/mol. The number of ether oxygens (including phenoxy) is 1. The quantitative estimate of drug-likeness (QED) is 0.273. The van der Waals surface area contributed by atoms with E-state index in [0.717, 1.165) is 37.7 Å². The molecule has 0 radical (unpaired) electrons. The third kappa shape index (κ3) is 8.20. The molecule has 44 heavy (non-hydrogen) atoms. The smallest absolute Gasteiger partial charge is 0.323 e. The summed E-state index contributed by atoms with van der Waals surface area (Å²) >= 11 is 0. The van der Waals surface area contributed by atoms with Crippen LogP contribution in [0.3, 0.4) is 0 Å². The molecule has 240 valence electrons. The zero-order valence-corrected chi connectivity index (χ0v) is 26.3. The number of carboxylic acids is 1. The van der Waals surface area contributed by atoms with Crippen molar-refractivity contribution in [1.29, 1.82) is 0 Å². The van der Waals surface area contributed by atoms with Crippen LogP contribution in [0.1, 0.15) is 67.0 Å². The molecule has 0 spiro atoms. The number of benzene rings is 1. The Hall–Kier alpha value is -3.39. The Kier molecular flexibility index (Phi) is 11.1. The molecule has 1 aromatic heterocycles. The lowest BCUT2D eigenvalue weighted by molar-refractivity contribution is -0.139. The van der Waals surface area contributed by atoms with Gasteiger partial charge < -0.3 is 25.8 Å². The summed E-state index contributed by atoms with van der Waals surface area (Å²) in [7, 11) is -4.18. The van der Waals surface area contributed by atoms with Crippen LogP contribution in [0.5, 0.6) is 0 Å². The summed E-state index contributed by atoms with van der Waals surface area (Å²) < 4.78 is 34.2. The van der Waals surface area contributed by atoms with Crippen molar-refractivity contribution in [3.63, 3.8) is 0 Å². The zero-order chi connectivity index (χ0) is 32.0. The number of likely N-dealkylation sites (tertiary alicyclic amines) is 1. The van der Waals surface area contributed by atoms with Gasteiger partial charge in [0, 0.05) is 25.2 Å². The van der Waals surface area contributed by atoms with Crippen LogP contribution in [0.15, 0.2) is 41.4 Å². The number of aliphatic carboxylic acids is 1. The highest BCUT2D eigenvalue weighted by atomic mass is 32.2. The van der Waals surface area contributed by atoms with Gasteiger partial charge in [0.1, 0.15) is 12.6 Å². The van der Waals surface area contributed by atoms with Crippen molar-refractivity contribution in [3.8, 4) is 0 Å². The van der Waals surface area contributed by atoms with Crippen LogP contribution in [0.25, 0.3) is 0 Å². The fourth-order valence-corrected chi connectivity index (χ4v) is 8.01. The van der Waals surface area contributed by atoms with Crippen LogP contribution in [0.2, 0.25) is 0 Å². The van der Waals surface area contributed by atoms with Gasteiger partial charge in [0.25, 0.3) is 0 Å². The minimum absolute atomic E-state index is 0.0102. The molecule has 0 bridgehead atoms. The Morgan fingerprint density at radius 2 is 1.80 bits per heavy atom. The van der Waals surface area contributed by atoms with Crippen LogP contribution >= 0.6 is 0 Å². The molecule has 2 aromatic rings. The maximum atomic E-state index is 13.6. The Labute approximate surface area is 258 Å². The fourth-order valence-electron chi connectivity index (χ4n) is 6.37. The van der Waals surface area contributed by atoms with Crippen molar-refractivity contribution in [2.24, 2.45) is 11.7 Å². The maximum Gasteiger partial charge on any atom is 0.323 e. The van der Waals surface area contributed by atoms with Gasteiger partial charge in [-0.25, -0.2) is 8.42 Å². The van der Waals surface area contributed by atoms with Crippen molar-refractivity contribution in [2.75, 3.05) is 19.7 Å². The minimum atomic E-state index is -4.18. The van der Waals surface area contributed by atoms with Gasteiger partial charge in [-0.05, 0) is 63.3 Å². The van der Waals surface area contributed by atoms with Gasteiger partial charge in [-0.1, -0.05) is 43.0 Å². The molecule has 4 unspecified atom stereocenters. The standard InChI is InChI=1S/C31H43N5O7S/c1-19-13-20(2)29(21(3)14-19)44(41,42)35-25(31(39)40)16-34-27(37)18-43-23-15-26(28(32)24-11-7-8-12-33-24)36(17-23)30(38)22-9-5-4-6-10-22/h7-8,11-14,22-23,25-26,28,35H,4-6,9-10,15-18,32H2,1-3H3,(H,34,37)(H,39,40). The van der Waals surface area contributed by atoms with Crippen molar-refractivity contribution < 1.29 is 32.6 Å². The van der Waals surface area contributed by atoms with E-state index in [4.69, 9.17) is 10.5 Å². The molecule has 12 nitrogen and oxygen atoms in total. The molecule has 1 aromatic carbocycles. The first-order valence-electron chi connectivity index (χ1n) is 15.1. The van der Waals surface area contributed by atoms with E-state index in [0.29, 0.717) is 23.2 Å². The molecule has 2 heterocycles. The zero-order valence-electron chi connectivity index (χ0n) is 25.5. The molecule has 5 N–H and O–H groups in total. The SMILES string of the molecule is Cc1cc(C)c(S(=O)(=O)NC(CNC(=O)COC2CC(C(N)c3ccccn3)N(C(=O)C3CCCCC3)C2)C(=O)O)c(C)c1. The summed E-state index contributed by atoms with van der Waals surface area (Å²) in [5.74, 6) is -2.06. The molecular weight excluding hydrogens is 586 g/mol. The molecule has 1 saturated carbocycles. The van der Waals surface area contributed by atoms with Gasteiger partial charge in [-0.2, -0.15) is 4.72 Å². The van der Waals surface area contributed by atoms with E-state index in [1.165, 1.54) is 0 Å². The molecular formula is C31H43N5O7S. The van der Waals surface area contributed by atoms with Gasteiger partial charge in [0.05, 0.1) is 28.8 Å². The highest BCUT2D eigenvalue weighted by Crippen LogP contribution is 2.33. The summed E-state index contributed by atoms with van der Waals surface area (Å²) in [5.41, 5.74) is 9.13. The van der Waals surface area contributed by atoms with E-state index in [-0.39, 0.29) is 29.3 Å². The number of aromatic nitrogens is 1. The number of carboxylic acid groups (broad SMARTS) is 1. The Morgan fingerprint density at radius 1 is 1.11 bits per heavy atom. The Morgan fingerprint density at radius 3 is 2.41 bits per heavy atom. The van der Waals surface area contributed by atoms with Gasteiger partial charge in [0.15, 0.2) is 0 Å². The number of nitrogens with zero attached hydrogens (tertiary/aromatic N) is 2. The second-order valence-corrected chi connectivity index (χ2v) is 13.5. The summed E-state index contributed by atoms with van der Waals surface area (Å²) in [6.45, 7) is 4.53. The number of amides is 2. The predicted molar refractivity (Wildman–Crippen MR) is 163 cm³/mol. The molecule has 2 fully saturated rings. The molecule has 2 amide bonds. The summed E-state index contributed by atoms with van der Waals surface area (Å²) in [6.07, 6.45) is 6.43. The van der Waals surface area contributed by atoms with Crippen molar-refractivity contribution in [1.82, 2.24) is 19.9 Å². The first-order valence-corrected chi connectivity index (χ1v) is 16.5. The third-order valence-electron chi connectivity index (χ3n) is 8.41. The average molecular weight is 630 g/mol. The van der Waals surface area contributed by atoms with E-state index in [2.05, 4.69) is 15.0 Å². The molecule has 1 aliphatic carbocycles. The number of hydrogen-bond acceptors (Lipinski definition) is 8. The topological polar surface area (TPSA) is 181 Å². The van der Waals surface area contributed by atoms with Gasteiger partial charge in [-0.3, -0.25) is 19.4 Å². The molecule has 2 aliphatic rings.